The SMILES string of the molecule is COCCCCn1c(C(=O)N(C(C)C)[C@@H]2CCCNC2)cc2cccc(OCCN3CCCC3)c21. The number of rotatable bonds is 12. The fraction of sp³-hybridized carbons (Fsp3) is 0.679. The third-order valence-corrected chi connectivity index (χ3v) is 7.40. The third kappa shape index (κ3) is 6.38. The molecular weight excluding hydrogens is 440 g/mol. The monoisotopic (exact) mass is 484 g/mol. The Hall–Kier alpha value is -2.09. The fourth-order valence-corrected chi connectivity index (χ4v) is 5.65. The number of carbonyl (C=O) groups is 1. The van der Waals surface area contributed by atoms with Crippen molar-refractivity contribution >= 4 is 16.8 Å². The van der Waals surface area contributed by atoms with E-state index >= 15 is 0 Å². The average Bonchev–Trinajstić information content (AvgIpc) is 3.51. The van der Waals surface area contributed by atoms with Gasteiger partial charge in [-0.2, -0.15) is 0 Å². The highest BCUT2D eigenvalue weighted by atomic mass is 16.5. The van der Waals surface area contributed by atoms with Crippen LogP contribution in [0.15, 0.2) is 24.3 Å². The van der Waals surface area contributed by atoms with Crippen molar-refractivity contribution in [3.8, 4) is 5.75 Å². The van der Waals surface area contributed by atoms with Crippen molar-refractivity contribution in [2.75, 3.05) is 53.0 Å². The molecule has 7 nitrogen and oxygen atoms in total. The van der Waals surface area contributed by atoms with Crippen LogP contribution in [0.3, 0.4) is 0 Å². The molecule has 1 atom stereocenters. The third-order valence-electron chi connectivity index (χ3n) is 7.40. The number of fused-ring (bicyclic) bond motifs is 1. The van der Waals surface area contributed by atoms with Gasteiger partial charge in [-0.15, -0.1) is 0 Å². The zero-order chi connectivity index (χ0) is 24.6. The molecule has 35 heavy (non-hydrogen) atoms. The summed E-state index contributed by atoms with van der Waals surface area (Å²) in [5.41, 5.74) is 1.81. The van der Waals surface area contributed by atoms with Gasteiger partial charge < -0.3 is 24.3 Å². The standard InChI is InChI=1S/C28H44N4O3/c1-22(2)32(24-11-9-13-29-21-24)28(33)25-20-23-10-8-12-26(35-19-17-30-14-4-5-15-30)27(23)31(25)16-6-7-18-34-3/h8,10,12,20,22,24,29H,4-7,9,11,13-19,21H2,1-3H3/t24-/m1/s1. The van der Waals surface area contributed by atoms with E-state index in [1.807, 2.05) is 6.07 Å². The van der Waals surface area contributed by atoms with E-state index in [0.29, 0.717) is 6.61 Å². The molecule has 7 heteroatoms. The van der Waals surface area contributed by atoms with E-state index in [9.17, 15) is 4.79 Å². The Morgan fingerprint density at radius 1 is 1.14 bits per heavy atom. The lowest BCUT2D eigenvalue weighted by molar-refractivity contribution is 0.0562. The lowest BCUT2D eigenvalue weighted by atomic mass is 10.0. The van der Waals surface area contributed by atoms with Gasteiger partial charge in [0.2, 0.25) is 0 Å². The van der Waals surface area contributed by atoms with Gasteiger partial charge in [0.25, 0.3) is 5.91 Å². The molecule has 0 saturated carbocycles. The van der Waals surface area contributed by atoms with Crippen molar-refractivity contribution in [2.24, 2.45) is 0 Å². The minimum atomic E-state index is 0.125. The zero-order valence-electron chi connectivity index (χ0n) is 21.9. The van der Waals surface area contributed by atoms with Crippen molar-refractivity contribution in [2.45, 2.75) is 71.0 Å². The second-order valence-corrected chi connectivity index (χ2v) is 10.3. The predicted octanol–water partition coefficient (Wildman–Crippen LogP) is 4.15. The van der Waals surface area contributed by atoms with Gasteiger partial charge >= 0.3 is 0 Å². The summed E-state index contributed by atoms with van der Waals surface area (Å²) >= 11 is 0. The van der Waals surface area contributed by atoms with E-state index in [-0.39, 0.29) is 18.0 Å². The van der Waals surface area contributed by atoms with Crippen LogP contribution in [0.25, 0.3) is 10.9 Å². The highest BCUT2D eigenvalue weighted by Crippen LogP contribution is 2.31. The highest BCUT2D eigenvalue weighted by Gasteiger charge is 2.31. The summed E-state index contributed by atoms with van der Waals surface area (Å²) < 4.78 is 13.8. The lowest BCUT2D eigenvalue weighted by Crippen LogP contribution is -2.52. The van der Waals surface area contributed by atoms with Crippen LogP contribution in [0, 0.1) is 0 Å². The van der Waals surface area contributed by atoms with E-state index in [0.717, 1.165) is 80.8 Å². The molecule has 0 bridgehead atoms. The number of hydrogen-bond acceptors (Lipinski definition) is 5. The fourth-order valence-electron chi connectivity index (χ4n) is 5.65. The molecule has 0 unspecified atom stereocenters. The Balaban J connectivity index is 1.63. The normalized spacial score (nSPS) is 19.0. The molecule has 0 aliphatic carbocycles. The topological polar surface area (TPSA) is 59.0 Å². The van der Waals surface area contributed by atoms with E-state index in [2.05, 4.69) is 51.7 Å². The van der Waals surface area contributed by atoms with Crippen LogP contribution in [0.2, 0.25) is 0 Å². The number of unbranched alkanes of at least 4 members (excludes halogenated alkanes) is 1. The van der Waals surface area contributed by atoms with Gasteiger partial charge in [-0.1, -0.05) is 12.1 Å². The summed E-state index contributed by atoms with van der Waals surface area (Å²) in [7, 11) is 1.74. The molecule has 0 radical (unpaired) electrons. The number of piperidine rings is 1. The molecule has 194 valence electrons. The number of methoxy groups -OCH3 is 1. The summed E-state index contributed by atoms with van der Waals surface area (Å²) in [6.07, 6.45) is 6.64. The number of nitrogens with zero attached hydrogens (tertiary/aromatic N) is 3. The van der Waals surface area contributed by atoms with Crippen molar-refractivity contribution in [3.63, 3.8) is 0 Å². The van der Waals surface area contributed by atoms with Crippen LogP contribution >= 0.6 is 0 Å². The Morgan fingerprint density at radius 2 is 1.97 bits per heavy atom. The Labute approximate surface area is 210 Å². The number of carbonyl (C=O) groups excluding carboxylic acids is 1. The Kier molecular flexibility index (Phi) is 9.46. The molecule has 1 amide bonds. The number of ether oxygens (including phenoxy) is 2. The smallest absolute Gasteiger partial charge is 0.271 e. The number of aromatic nitrogens is 1. The van der Waals surface area contributed by atoms with Gasteiger partial charge in [-0.25, -0.2) is 0 Å². The van der Waals surface area contributed by atoms with Gasteiger partial charge in [0.05, 0.1) is 5.52 Å². The molecule has 0 spiro atoms. The molecule has 1 aromatic carbocycles. The first-order valence-corrected chi connectivity index (χ1v) is 13.6. The lowest BCUT2D eigenvalue weighted by Gasteiger charge is -2.37. The summed E-state index contributed by atoms with van der Waals surface area (Å²) in [6, 6.07) is 8.65. The maximum Gasteiger partial charge on any atom is 0.271 e. The maximum atomic E-state index is 14.1. The molecular formula is C28H44N4O3. The molecule has 2 aliphatic heterocycles. The van der Waals surface area contributed by atoms with Crippen LogP contribution < -0.4 is 10.1 Å². The van der Waals surface area contributed by atoms with E-state index in [4.69, 9.17) is 9.47 Å². The summed E-state index contributed by atoms with van der Waals surface area (Å²) in [4.78, 5) is 18.6. The molecule has 2 aliphatic rings. The van der Waals surface area contributed by atoms with E-state index < -0.39 is 0 Å². The molecule has 1 aromatic heterocycles. The van der Waals surface area contributed by atoms with Gasteiger partial charge in [-0.3, -0.25) is 9.69 Å². The second-order valence-electron chi connectivity index (χ2n) is 10.3. The number of amides is 1. The van der Waals surface area contributed by atoms with Gasteiger partial charge in [0, 0.05) is 50.8 Å². The van der Waals surface area contributed by atoms with Crippen molar-refractivity contribution < 1.29 is 14.3 Å². The largest absolute Gasteiger partial charge is 0.490 e. The maximum absolute atomic E-state index is 14.1. The van der Waals surface area contributed by atoms with Crippen LogP contribution in [0.4, 0.5) is 0 Å². The number of aryl methyl sites for hydroxylation is 1. The highest BCUT2D eigenvalue weighted by molar-refractivity contribution is 6.00. The van der Waals surface area contributed by atoms with Crippen molar-refractivity contribution in [1.29, 1.82) is 0 Å². The first-order valence-electron chi connectivity index (χ1n) is 13.6. The minimum Gasteiger partial charge on any atom is -0.490 e. The molecule has 2 saturated heterocycles. The summed E-state index contributed by atoms with van der Waals surface area (Å²) in [6.45, 7) is 11.6. The van der Waals surface area contributed by atoms with E-state index in [1.54, 1.807) is 7.11 Å². The first kappa shape index (κ1) is 26.0. The number of para-hydroxylation sites is 1. The Morgan fingerprint density at radius 3 is 2.69 bits per heavy atom. The number of benzene rings is 1. The van der Waals surface area contributed by atoms with Gasteiger partial charge in [-0.05, 0) is 84.1 Å². The Bertz CT molecular complexity index is 945. The molecule has 2 fully saturated rings. The van der Waals surface area contributed by atoms with Gasteiger partial charge in [0.1, 0.15) is 18.1 Å². The predicted molar refractivity (Wildman–Crippen MR) is 141 cm³/mol. The van der Waals surface area contributed by atoms with Crippen LogP contribution in [-0.2, 0) is 11.3 Å². The molecule has 2 aromatic rings. The van der Waals surface area contributed by atoms with Crippen LogP contribution in [0.1, 0.15) is 62.9 Å². The second kappa shape index (κ2) is 12.7. The molecule has 4 rings (SSSR count). The average molecular weight is 485 g/mol. The van der Waals surface area contributed by atoms with E-state index in [1.165, 1.54) is 25.9 Å². The summed E-state index contributed by atoms with van der Waals surface area (Å²) in [5, 5.41) is 4.56. The first-order chi connectivity index (χ1) is 17.1. The summed E-state index contributed by atoms with van der Waals surface area (Å²) in [5.74, 6) is 1.00. The minimum absolute atomic E-state index is 0.125. The molecule has 1 N–H and O–H groups in total. The number of hydrogen-bond donors (Lipinski definition) is 1. The van der Waals surface area contributed by atoms with Gasteiger partial charge in [0.15, 0.2) is 0 Å². The quantitative estimate of drug-likeness (QED) is 0.459. The van der Waals surface area contributed by atoms with Crippen LogP contribution in [-0.4, -0.2) is 85.4 Å². The zero-order valence-corrected chi connectivity index (χ0v) is 21.9. The number of nitrogens with one attached hydrogen (secondary N) is 1. The van der Waals surface area contributed by atoms with Crippen LogP contribution in [0.5, 0.6) is 5.75 Å². The number of likely N-dealkylation sites (tertiary alicyclic amines) is 1. The van der Waals surface area contributed by atoms with Crippen molar-refractivity contribution in [3.05, 3.63) is 30.0 Å². The molecule has 3 heterocycles. The van der Waals surface area contributed by atoms with Crippen molar-refractivity contribution in [1.82, 2.24) is 19.7 Å².